The number of nitrogens with two attached hydrogens (primary N) is 3. The third-order valence-electron chi connectivity index (χ3n) is 12.3. The van der Waals surface area contributed by atoms with Gasteiger partial charge in [-0.2, -0.15) is 0 Å². The van der Waals surface area contributed by atoms with Gasteiger partial charge in [-0.25, -0.2) is 9.59 Å². The minimum Gasteiger partial charge on any atom is -0.480 e. The molecule has 406 valence electrons. The zero-order chi connectivity index (χ0) is 55.7. The molecule has 14 N–H and O–H groups in total. The predicted octanol–water partition coefficient (Wildman–Crippen LogP) is 0.922. The highest BCUT2D eigenvalue weighted by Gasteiger charge is 2.36. The number of ether oxygens (including phenoxy) is 1. The molecule has 1 rings (SSSR count). The van der Waals surface area contributed by atoms with Crippen LogP contribution in [0.4, 0.5) is 0 Å². The zero-order valence-electron chi connectivity index (χ0n) is 43.4. The summed E-state index contributed by atoms with van der Waals surface area (Å²) in [6.45, 7) is 15.0. The average molecular weight is 1030 g/mol. The molecule has 0 aromatic heterocycles. The summed E-state index contributed by atoms with van der Waals surface area (Å²) in [4.78, 5) is 121. The zero-order valence-corrected chi connectivity index (χ0v) is 43.4. The Bertz CT molecular complexity index is 2160. The smallest absolute Gasteiger partial charge is 0.327 e. The van der Waals surface area contributed by atoms with Crippen LogP contribution in [0, 0.1) is 23.7 Å². The summed E-state index contributed by atoms with van der Waals surface area (Å²) in [5.41, 5.74) is 18.4. The monoisotopic (exact) mass is 1030 g/mol. The van der Waals surface area contributed by atoms with E-state index in [1.54, 1.807) is 20.1 Å². The molecule has 0 saturated carbocycles. The van der Waals surface area contributed by atoms with E-state index >= 15 is 0 Å². The molecule has 1 aromatic carbocycles. The highest BCUT2D eigenvalue weighted by Crippen LogP contribution is 2.19. The van der Waals surface area contributed by atoms with E-state index in [9.17, 15) is 53.4 Å². The Labute approximate surface area is 427 Å². The lowest BCUT2D eigenvalue weighted by molar-refractivity contribution is -0.146. The van der Waals surface area contributed by atoms with Crippen LogP contribution in [-0.2, 0) is 54.3 Å². The van der Waals surface area contributed by atoms with Gasteiger partial charge in [0.15, 0.2) is 5.96 Å². The molecule has 0 fully saturated rings. The first-order valence-electron chi connectivity index (χ1n) is 24.1. The Morgan fingerprint density at radius 1 is 0.795 bits per heavy atom. The van der Waals surface area contributed by atoms with Crippen molar-refractivity contribution in [2.24, 2.45) is 45.9 Å². The van der Waals surface area contributed by atoms with Crippen molar-refractivity contribution >= 4 is 59.3 Å². The molecule has 1 aromatic rings. The molecular formula is C50H78N10O13. The third kappa shape index (κ3) is 22.9. The fourth-order valence-corrected chi connectivity index (χ4v) is 7.17. The fourth-order valence-electron chi connectivity index (χ4n) is 7.17. The molecular weight excluding hydrogens is 949 g/mol. The minimum atomic E-state index is -1.74. The van der Waals surface area contributed by atoms with E-state index in [0.717, 1.165) is 16.9 Å². The standard InChI is InChI=1S/C50H78N10O13/c1-11-27(2)25-35(51)45(65)59-41(49(71)72)31(6)43(63)57-37(18-15-23-54-50(52)53)46(66)56-36(20-19-28(3)24-29(4)39(73-10)26-34-16-13-12-14-17-34)30(5)42(62)58-38(48(69)70)21-22-40(61)60(9)33(8)44(64)55-32(7)47(67)68/h12-14,16-17,19-20,24,27,29-32,35-39,41H,8,11,15,18,21-23,25-26,51H2,1-7,9-10H3,(H,55,64)(H,56,66)(H,57,63)(H,58,62)(H,59,65)(H,67,68)(H,69,70)(H,71,72)(H4,52,53,54)/b20-19+,28-24+/t27-,29-,30-,31-,32+,35-,36-,37-,38+,39-,41+/m0/s1. The second kappa shape index (κ2) is 32.0. The van der Waals surface area contributed by atoms with E-state index in [1.165, 1.54) is 33.9 Å². The summed E-state index contributed by atoms with van der Waals surface area (Å²) in [5, 5.41) is 41.6. The van der Waals surface area contributed by atoms with Crippen molar-refractivity contribution in [3.63, 3.8) is 0 Å². The number of hydrogen-bond acceptors (Lipinski definition) is 12. The second-order valence-corrected chi connectivity index (χ2v) is 18.3. The van der Waals surface area contributed by atoms with E-state index in [-0.39, 0.29) is 49.7 Å². The number of carbonyl (C=O) groups excluding carboxylic acids is 6. The molecule has 0 heterocycles. The SMILES string of the molecule is C=C(C(=O)N[C@H](C)C(=O)O)N(C)C(=O)CC[C@@H](NC(=O)[C@@H](C)[C@H](/C=C/C(C)=C/[C@H](C)[C@H](Cc1ccccc1)OC)NC(=O)[C@H](CCCN=C(N)N)NC(=O)[C@@H](C)[C@@H](NC(=O)[C@@H](N)C[C@@H](C)CC)C(=O)O)C(=O)O. The van der Waals surface area contributed by atoms with E-state index in [1.807, 2.05) is 57.2 Å². The molecule has 0 aliphatic carbocycles. The number of rotatable bonds is 33. The topological polar surface area (TPSA) is 377 Å². The summed E-state index contributed by atoms with van der Waals surface area (Å²) >= 11 is 0. The maximum absolute atomic E-state index is 14.3. The van der Waals surface area contributed by atoms with Gasteiger partial charge in [-0.05, 0) is 57.4 Å². The molecule has 6 amide bonds. The molecule has 0 radical (unpaired) electrons. The van der Waals surface area contributed by atoms with Gasteiger partial charge in [-0.3, -0.25) is 38.6 Å². The van der Waals surface area contributed by atoms with Crippen molar-refractivity contribution in [1.29, 1.82) is 0 Å². The first-order valence-corrected chi connectivity index (χ1v) is 24.1. The lowest BCUT2D eigenvalue weighted by Crippen LogP contribution is -2.57. The fraction of sp³-hybridized carbons (Fsp3) is 0.560. The lowest BCUT2D eigenvalue weighted by atomic mass is 9.94. The van der Waals surface area contributed by atoms with E-state index in [4.69, 9.17) is 27.0 Å². The summed E-state index contributed by atoms with van der Waals surface area (Å²) in [5.74, 6) is -12.5. The average Bonchev–Trinajstić information content (AvgIpc) is 3.34. The van der Waals surface area contributed by atoms with Crippen LogP contribution >= 0.6 is 0 Å². The molecule has 0 aliphatic heterocycles. The summed E-state index contributed by atoms with van der Waals surface area (Å²) in [6, 6.07) is 1.36. The van der Waals surface area contributed by atoms with Gasteiger partial charge in [-0.1, -0.05) is 102 Å². The van der Waals surface area contributed by atoms with E-state index < -0.39 is 120 Å². The number of amides is 6. The van der Waals surface area contributed by atoms with Crippen molar-refractivity contribution in [3.05, 3.63) is 72.0 Å². The predicted molar refractivity (Wildman–Crippen MR) is 273 cm³/mol. The highest BCUT2D eigenvalue weighted by atomic mass is 16.5. The van der Waals surface area contributed by atoms with Crippen molar-refractivity contribution in [2.75, 3.05) is 20.7 Å². The van der Waals surface area contributed by atoms with Crippen LogP contribution in [0.1, 0.15) is 92.6 Å². The molecule has 73 heavy (non-hydrogen) atoms. The summed E-state index contributed by atoms with van der Waals surface area (Å²) < 4.78 is 5.81. The van der Waals surface area contributed by atoms with Crippen LogP contribution in [0.5, 0.6) is 0 Å². The lowest BCUT2D eigenvalue weighted by Gasteiger charge is -2.28. The number of guanidine groups is 1. The Morgan fingerprint density at radius 2 is 1.40 bits per heavy atom. The Hall–Kier alpha value is -7.14. The molecule has 0 unspecified atom stereocenters. The van der Waals surface area contributed by atoms with Gasteiger partial charge in [0, 0.05) is 33.0 Å². The second-order valence-electron chi connectivity index (χ2n) is 18.3. The molecule has 0 bridgehead atoms. The van der Waals surface area contributed by atoms with Gasteiger partial charge < -0.3 is 68.7 Å². The van der Waals surface area contributed by atoms with Crippen LogP contribution in [0.15, 0.2) is 71.4 Å². The van der Waals surface area contributed by atoms with Crippen molar-refractivity contribution in [1.82, 2.24) is 31.5 Å². The van der Waals surface area contributed by atoms with Gasteiger partial charge >= 0.3 is 17.9 Å². The van der Waals surface area contributed by atoms with Crippen molar-refractivity contribution in [3.8, 4) is 0 Å². The third-order valence-corrected chi connectivity index (χ3v) is 12.3. The number of nitrogens with one attached hydrogen (secondary N) is 5. The Kier molecular flexibility index (Phi) is 28.0. The van der Waals surface area contributed by atoms with Crippen molar-refractivity contribution < 1.29 is 63.2 Å². The number of nitrogens with zero attached hydrogens (tertiary/aromatic N) is 2. The minimum absolute atomic E-state index is 0.0244. The Balaban J connectivity index is 3.62. The first-order chi connectivity index (χ1) is 34.1. The summed E-state index contributed by atoms with van der Waals surface area (Å²) in [7, 11) is 2.79. The quantitative estimate of drug-likeness (QED) is 0.0153. The molecule has 0 saturated heterocycles. The van der Waals surface area contributed by atoms with Gasteiger partial charge in [0.1, 0.15) is 29.9 Å². The summed E-state index contributed by atoms with van der Waals surface area (Å²) in [6.07, 6.45) is 5.49. The van der Waals surface area contributed by atoms with Gasteiger partial charge in [-0.15, -0.1) is 0 Å². The Morgan fingerprint density at radius 3 is 1.95 bits per heavy atom. The first kappa shape index (κ1) is 63.9. The molecule has 0 spiro atoms. The van der Waals surface area contributed by atoms with Crippen LogP contribution in [0.2, 0.25) is 0 Å². The highest BCUT2D eigenvalue weighted by molar-refractivity contribution is 5.99. The number of allylic oxidation sites excluding steroid dienone is 2. The van der Waals surface area contributed by atoms with Crippen LogP contribution < -0.4 is 43.8 Å². The number of carbonyl (C=O) groups is 9. The van der Waals surface area contributed by atoms with Crippen LogP contribution in [0.25, 0.3) is 0 Å². The normalized spacial score (nSPS) is 16.0. The maximum atomic E-state index is 14.3. The number of hydrogen-bond donors (Lipinski definition) is 11. The van der Waals surface area contributed by atoms with E-state index in [2.05, 4.69) is 38.2 Å². The number of aliphatic carboxylic acids is 3. The van der Waals surface area contributed by atoms with E-state index in [0.29, 0.717) is 12.0 Å². The molecule has 11 atom stereocenters. The van der Waals surface area contributed by atoms with Gasteiger partial charge in [0.25, 0.3) is 5.91 Å². The molecule has 23 nitrogen and oxygen atoms in total. The maximum Gasteiger partial charge on any atom is 0.327 e. The number of methoxy groups -OCH3 is 1. The largest absolute Gasteiger partial charge is 0.480 e. The van der Waals surface area contributed by atoms with Gasteiger partial charge in [0.05, 0.1) is 30.0 Å². The number of carboxylic acids is 3. The van der Waals surface area contributed by atoms with Crippen LogP contribution in [-0.4, -0.2) is 143 Å². The molecule has 23 heteroatoms. The molecule has 0 aliphatic rings. The van der Waals surface area contributed by atoms with Crippen LogP contribution in [0.3, 0.4) is 0 Å². The number of carboxylic acid groups (broad SMARTS) is 3. The number of benzene rings is 1. The number of aliphatic imine (C=N–C) groups is 1. The van der Waals surface area contributed by atoms with Crippen molar-refractivity contribution in [2.45, 2.75) is 136 Å². The van der Waals surface area contributed by atoms with Gasteiger partial charge in [0.2, 0.25) is 29.5 Å². The number of likely N-dealkylation sites (N-methyl/N-ethyl adjacent to an activating group) is 1.